The van der Waals surface area contributed by atoms with Gasteiger partial charge in [-0.1, -0.05) is 23.4 Å². The number of amides is 3. The summed E-state index contributed by atoms with van der Waals surface area (Å²) in [6, 6.07) is 7.49. The van der Waals surface area contributed by atoms with Crippen LogP contribution in [-0.4, -0.2) is 65.4 Å². The first kappa shape index (κ1) is 20.1. The van der Waals surface area contributed by atoms with Gasteiger partial charge in [-0.3, -0.25) is 14.4 Å². The van der Waals surface area contributed by atoms with Crippen molar-refractivity contribution in [1.82, 2.24) is 20.3 Å². The van der Waals surface area contributed by atoms with E-state index in [4.69, 9.17) is 4.52 Å². The van der Waals surface area contributed by atoms with Gasteiger partial charge in [-0.25, -0.2) is 0 Å². The average Bonchev–Trinajstić information content (AvgIpc) is 3.21. The van der Waals surface area contributed by atoms with Crippen LogP contribution in [0.5, 0.6) is 0 Å². The van der Waals surface area contributed by atoms with Crippen molar-refractivity contribution in [2.24, 2.45) is 5.92 Å². The van der Waals surface area contributed by atoms with E-state index in [0.717, 1.165) is 5.56 Å². The quantitative estimate of drug-likeness (QED) is 0.811. The number of benzene rings is 1. The largest absolute Gasteiger partial charge is 0.361 e. The molecule has 0 radical (unpaired) electrons. The Bertz CT molecular complexity index is 1010. The Morgan fingerprint density at radius 1 is 1.27 bits per heavy atom. The number of nitrogens with zero attached hydrogens (tertiary/aromatic N) is 3. The Kier molecular flexibility index (Phi) is 4.88. The van der Waals surface area contributed by atoms with E-state index in [2.05, 4.69) is 10.5 Å². The van der Waals surface area contributed by atoms with E-state index < -0.39 is 11.5 Å². The van der Waals surface area contributed by atoms with Crippen LogP contribution >= 0.6 is 0 Å². The zero-order chi connectivity index (χ0) is 21.6. The van der Waals surface area contributed by atoms with E-state index in [-0.39, 0.29) is 30.8 Å². The van der Waals surface area contributed by atoms with Crippen LogP contribution in [0.2, 0.25) is 0 Å². The molecular weight excluding hydrogens is 384 g/mol. The predicted octanol–water partition coefficient (Wildman–Crippen LogP) is 1.57. The van der Waals surface area contributed by atoms with Crippen molar-refractivity contribution in [3.63, 3.8) is 0 Å². The van der Waals surface area contributed by atoms with Crippen molar-refractivity contribution in [3.8, 4) is 0 Å². The molecule has 0 bridgehead atoms. The minimum Gasteiger partial charge on any atom is -0.361 e. The van der Waals surface area contributed by atoms with Gasteiger partial charge < -0.3 is 19.6 Å². The van der Waals surface area contributed by atoms with Gasteiger partial charge >= 0.3 is 0 Å². The fourth-order valence-corrected chi connectivity index (χ4v) is 4.69. The van der Waals surface area contributed by atoms with Crippen LogP contribution in [0, 0.1) is 19.8 Å². The number of nitrogens with one attached hydrogen (secondary N) is 1. The predicted molar refractivity (Wildman–Crippen MR) is 109 cm³/mol. The highest BCUT2D eigenvalue weighted by Crippen LogP contribution is 2.37. The fraction of sp³-hybridized carbons (Fsp3) is 0.455. The fourth-order valence-electron chi connectivity index (χ4n) is 4.69. The van der Waals surface area contributed by atoms with Crippen molar-refractivity contribution >= 4 is 17.7 Å². The minimum atomic E-state index is -0.827. The van der Waals surface area contributed by atoms with Crippen LogP contribution in [0.1, 0.15) is 44.2 Å². The molecule has 8 heteroatoms. The second-order valence-electron chi connectivity index (χ2n) is 8.44. The monoisotopic (exact) mass is 410 g/mol. The maximum Gasteiger partial charge on any atom is 0.259 e. The molecule has 1 saturated heterocycles. The Morgan fingerprint density at radius 3 is 2.67 bits per heavy atom. The molecule has 1 aromatic carbocycles. The van der Waals surface area contributed by atoms with Crippen LogP contribution in [0.4, 0.5) is 0 Å². The zero-order valence-electron chi connectivity index (χ0n) is 17.7. The molecule has 2 aliphatic heterocycles. The summed E-state index contributed by atoms with van der Waals surface area (Å²) in [5.41, 5.74) is 1.70. The summed E-state index contributed by atoms with van der Waals surface area (Å²) in [6.07, 6.45) is 1.23. The zero-order valence-corrected chi connectivity index (χ0v) is 17.7. The van der Waals surface area contributed by atoms with E-state index in [1.165, 1.54) is 4.90 Å². The Balaban J connectivity index is 1.71. The summed E-state index contributed by atoms with van der Waals surface area (Å²) in [7, 11) is 3.39. The van der Waals surface area contributed by atoms with E-state index in [1.807, 2.05) is 18.2 Å². The molecule has 2 aromatic rings. The third kappa shape index (κ3) is 3.16. The molecule has 0 saturated carbocycles. The van der Waals surface area contributed by atoms with Gasteiger partial charge in [-0.15, -0.1) is 0 Å². The van der Waals surface area contributed by atoms with Crippen molar-refractivity contribution in [1.29, 1.82) is 0 Å². The molecule has 1 spiro atoms. The lowest BCUT2D eigenvalue weighted by Crippen LogP contribution is -2.57. The van der Waals surface area contributed by atoms with E-state index in [0.29, 0.717) is 35.4 Å². The molecule has 1 fully saturated rings. The lowest BCUT2D eigenvalue weighted by atomic mass is 9.81. The summed E-state index contributed by atoms with van der Waals surface area (Å²) in [5, 5.41) is 7.02. The van der Waals surface area contributed by atoms with E-state index >= 15 is 0 Å². The summed E-state index contributed by atoms with van der Waals surface area (Å²) in [6.45, 7) is 3.92. The molecule has 3 heterocycles. The Labute approximate surface area is 175 Å². The molecule has 3 amide bonds. The number of likely N-dealkylation sites (tertiary alicyclic amines) is 1. The first-order valence-electron chi connectivity index (χ1n) is 10.1. The SMILES string of the molecule is Cc1noc(C)c1C(=O)N1C[C@H](C(=O)N(C)C)[C@]2(CCc3ccccc3C(=O)N2)C1. The molecule has 30 heavy (non-hydrogen) atoms. The van der Waals surface area contributed by atoms with E-state index in [1.54, 1.807) is 38.9 Å². The molecule has 8 nitrogen and oxygen atoms in total. The number of hydrogen-bond donors (Lipinski definition) is 1. The summed E-state index contributed by atoms with van der Waals surface area (Å²) in [5.74, 6) is -0.612. The van der Waals surface area contributed by atoms with Gasteiger partial charge in [0.25, 0.3) is 11.8 Å². The number of aryl methyl sites for hydroxylation is 3. The highest BCUT2D eigenvalue weighted by molar-refractivity contribution is 5.99. The molecule has 0 unspecified atom stereocenters. The summed E-state index contributed by atoms with van der Waals surface area (Å²) in [4.78, 5) is 42.6. The highest BCUT2D eigenvalue weighted by atomic mass is 16.5. The second kappa shape index (κ2) is 7.27. The topological polar surface area (TPSA) is 95.8 Å². The highest BCUT2D eigenvalue weighted by Gasteiger charge is 2.53. The lowest BCUT2D eigenvalue weighted by molar-refractivity contribution is -0.134. The maximum atomic E-state index is 13.3. The van der Waals surface area contributed by atoms with Crippen LogP contribution in [0.3, 0.4) is 0 Å². The normalized spacial score (nSPS) is 23.1. The van der Waals surface area contributed by atoms with Crippen molar-refractivity contribution < 1.29 is 18.9 Å². The molecule has 0 aliphatic carbocycles. The van der Waals surface area contributed by atoms with Gasteiger partial charge in [0.2, 0.25) is 5.91 Å². The van der Waals surface area contributed by atoms with Gasteiger partial charge in [-0.05, 0) is 38.3 Å². The second-order valence-corrected chi connectivity index (χ2v) is 8.44. The number of rotatable bonds is 2. The Hall–Kier alpha value is -3.16. The molecular formula is C22H26N4O4. The summed E-state index contributed by atoms with van der Waals surface area (Å²) >= 11 is 0. The standard InChI is InChI=1S/C22H26N4O4/c1-13-18(14(2)30-24-13)21(29)26-11-17(20(28)25(3)4)22(12-26)10-9-15-7-5-6-8-16(15)19(27)23-22/h5-8,17H,9-12H2,1-4H3,(H,23,27)/t17-,22+/m1/s1. The summed E-state index contributed by atoms with van der Waals surface area (Å²) < 4.78 is 5.16. The molecule has 158 valence electrons. The van der Waals surface area contributed by atoms with Crippen molar-refractivity contribution in [3.05, 3.63) is 52.4 Å². The minimum absolute atomic E-state index is 0.102. The van der Waals surface area contributed by atoms with Crippen molar-refractivity contribution in [2.75, 3.05) is 27.2 Å². The lowest BCUT2D eigenvalue weighted by Gasteiger charge is -2.34. The number of fused-ring (bicyclic) bond motifs is 1. The molecule has 2 aliphatic rings. The van der Waals surface area contributed by atoms with Gasteiger partial charge in [0.05, 0.1) is 17.2 Å². The first-order chi connectivity index (χ1) is 14.2. The smallest absolute Gasteiger partial charge is 0.259 e. The molecule has 4 rings (SSSR count). The average molecular weight is 410 g/mol. The number of carbonyl (C=O) groups is 3. The third-order valence-electron chi connectivity index (χ3n) is 6.28. The van der Waals surface area contributed by atoms with Crippen LogP contribution in [0.25, 0.3) is 0 Å². The van der Waals surface area contributed by atoms with Gasteiger partial charge in [0.15, 0.2) is 0 Å². The van der Waals surface area contributed by atoms with Gasteiger partial charge in [0, 0.05) is 32.7 Å². The molecule has 1 N–H and O–H groups in total. The maximum absolute atomic E-state index is 13.3. The van der Waals surface area contributed by atoms with Gasteiger partial charge in [0.1, 0.15) is 11.3 Å². The number of aromatic nitrogens is 1. The first-order valence-corrected chi connectivity index (χ1v) is 10.1. The van der Waals surface area contributed by atoms with E-state index in [9.17, 15) is 14.4 Å². The number of hydrogen-bond acceptors (Lipinski definition) is 5. The molecule has 2 atom stereocenters. The van der Waals surface area contributed by atoms with Crippen LogP contribution in [0.15, 0.2) is 28.8 Å². The van der Waals surface area contributed by atoms with Gasteiger partial charge in [-0.2, -0.15) is 0 Å². The third-order valence-corrected chi connectivity index (χ3v) is 6.28. The Morgan fingerprint density at radius 2 is 2.00 bits per heavy atom. The molecule has 1 aromatic heterocycles. The van der Waals surface area contributed by atoms with Crippen molar-refractivity contribution in [2.45, 2.75) is 32.2 Å². The number of carbonyl (C=O) groups excluding carboxylic acids is 3. The van der Waals surface area contributed by atoms with Crippen LogP contribution in [-0.2, 0) is 11.2 Å². The van der Waals surface area contributed by atoms with Crippen LogP contribution < -0.4 is 5.32 Å².